The van der Waals surface area contributed by atoms with E-state index in [1.54, 1.807) is 0 Å². The van der Waals surface area contributed by atoms with Gasteiger partial charge in [-0.15, -0.1) is 0 Å². The molecule has 0 saturated heterocycles. The molecule has 0 aliphatic carbocycles. The second-order valence-corrected chi connectivity index (χ2v) is 4.62. The highest BCUT2D eigenvalue weighted by Crippen LogP contribution is 2.22. The SMILES string of the molecule is Cc1ccc(-n2cnc(CCN)c2)c(Br)c1. The predicted octanol–water partition coefficient (Wildman–Crippen LogP) is 2.44. The maximum absolute atomic E-state index is 5.50. The summed E-state index contributed by atoms with van der Waals surface area (Å²) < 4.78 is 3.08. The van der Waals surface area contributed by atoms with Crippen LogP contribution in [0.5, 0.6) is 0 Å². The quantitative estimate of drug-likeness (QED) is 0.938. The molecule has 0 aliphatic rings. The standard InChI is InChI=1S/C12H14BrN3/c1-9-2-3-12(11(13)6-9)16-7-10(4-5-14)15-8-16/h2-3,6-8H,4-5,14H2,1H3. The van der Waals surface area contributed by atoms with Crippen LogP contribution in [0.3, 0.4) is 0 Å². The zero-order chi connectivity index (χ0) is 11.5. The zero-order valence-electron chi connectivity index (χ0n) is 9.15. The molecule has 0 unspecified atom stereocenters. The van der Waals surface area contributed by atoms with Crippen molar-refractivity contribution >= 4 is 15.9 Å². The van der Waals surface area contributed by atoms with Gasteiger partial charge in [-0.25, -0.2) is 4.98 Å². The Morgan fingerprint density at radius 1 is 1.44 bits per heavy atom. The van der Waals surface area contributed by atoms with Crippen LogP contribution < -0.4 is 5.73 Å². The Morgan fingerprint density at radius 3 is 2.94 bits per heavy atom. The lowest BCUT2D eigenvalue weighted by Gasteiger charge is -2.05. The Labute approximate surface area is 103 Å². The summed E-state index contributed by atoms with van der Waals surface area (Å²) in [6, 6.07) is 6.26. The number of imidazole rings is 1. The highest BCUT2D eigenvalue weighted by atomic mass is 79.9. The van der Waals surface area contributed by atoms with Gasteiger partial charge in [-0.3, -0.25) is 0 Å². The zero-order valence-corrected chi connectivity index (χ0v) is 10.7. The number of benzene rings is 1. The third-order valence-electron chi connectivity index (χ3n) is 2.42. The maximum Gasteiger partial charge on any atom is 0.0995 e. The Morgan fingerprint density at radius 2 is 2.25 bits per heavy atom. The maximum atomic E-state index is 5.50. The average molecular weight is 280 g/mol. The average Bonchev–Trinajstić information content (AvgIpc) is 2.67. The molecule has 1 heterocycles. The lowest BCUT2D eigenvalue weighted by molar-refractivity contribution is 0.934. The molecular weight excluding hydrogens is 266 g/mol. The van der Waals surface area contributed by atoms with Crippen molar-refractivity contribution < 1.29 is 0 Å². The largest absolute Gasteiger partial charge is 0.330 e. The molecule has 1 aromatic carbocycles. The Balaban J connectivity index is 2.35. The molecule has 0 spiro atoms. The Hall–Kier alpha value is -1.13. The van der Waals surface area contributed by atoms with Crippen molar-refractivity contribution in [3.8, 4) is 5.69 Å². The van der Waals surface area contributed by atoms with Crippen molar-refractivity contribution in [3.05, 3.63) is 46.5 Å². The normalized spacial score (nSPS) is 10.7. The van der Waals surface area contributed by atoms with Crippen molar-refractivity contribution in [2.24, 2.45) is 5.73 Å². The van der Waals surface area contributed by atoms with E-state index in [0.717, 1.165) is 22.3 Å². The Bertz CT molecular complexity index is 491. The topological polar surface area (TPSA) is 43.8 Å². The van der Waals surface area contributed by atoms with Crippen LogP contribution in [0.15, 0.2) is 35.2 Å². The minimum absolute atomic E-state index is 0.631. The first-order chi connectivity index (χ1) is 7.70. The number of hydrogen-bond donors (Lipinski definition) is 1. The number of aromatic nitrogens is 2. The van der Waals surface area contributed by atoms with Crippen LogP contribution in [0.2, 0.25) is 0 Å². The van der Waals surface area contributed by atoms with Gasteiger partial charge in [0.05, 0.1) is 17.7 Å². The van der Waals surface area contributed by atoms with Gasteiger partial charge in [0.1, 0.15) is 0 Å². The molecule has 1 aromatic heterocycles. The van der Waals surface area contributed by atoms with E-state index in [4.69, 9.17) is 5.73 Å². The van der Waals surface area contributed by atoms with Crippen LogP contribution in [-0.2, 0) is 6.42 Å². The van der Waals surface area contributed by atoms with Crippen molar-refractivity contribution in [1.29, 1.82) is 0 Å². The van der Waals surface area contributed by atoms with Crippen LogP contribution in [0, 0.1) is 6.92 Å². The van der Waals surface area contributed by atoms with Crippen molar-refractivity contribution in [2.45, 2.75) is 13.3 Å². The molecule has 84 valence electrons. The van der Waals surface area contributed by atoms with Gasteiger partial charge >= 0.3 is 0 Å². The summed E-state index contributed by atoms with van der Waals surface area (Å²) in [5.74, 6) is 0. The van der Waals surface area contributed by atoms with Gasteiger partial charge in [0.25, 0.3) is 0 Å². The highest BCUT2D eigenvalue weighted by Gasteiger charge is 2.04. The van der Waals surface area contributed by atoms with E-state index in [1.165, 1.54) is 5.56 Å². The third-order valence-corrected chi connectivity index (χ3v) is 3.05. The summed E-state index contributed by atoms with van der Waals surface area (Å²) >= 11 is 3.56. The summed E-state index contributed by atoms with van der Waals surface area (Å²) in [7, 11) is 0. The summed E-state index contributed by atoms with van der Waals surface area (Å²) in [5.41, 5.74) is 8.86. The number of halogens is 1. The van der Waals surface area contributed by atoms with Crippen LogP contribution in [0.25, 0.3) is 5.69 Å². The summed E-state index contributed by atoms with van der Waals surface area (Å²) in [4.78, 5) is 4.31. The van der Waals surface area contributed by atoms with Crippen LogP contribution in [0.4, 0.5) is 0 Å². The molecule has 2 aromatic rings. The molecule has 0 fully saturated rings. The molecule has 0 saturated carbocycles. The fourth-order valence-electron chi connectivity index (χ4n) is 1.59. The smallest absolute Gasteiger partial charge is 0.0995 e. The van der Waals surface area contributed by atoms with Gasteiger partial charge in [0, 0.05) is 17.1 Å². The van der Waals surface area contributed by atoms with E-state index in [-0.39, 0.29) is 0 Å². The first kappa shape index (κ1) is 11.4. The summed E-state index contributed by atoms with van der Waals surface area (Å²) in [6.07, 6.45) is 4.65. The predicted molar refractivity (Wildman–Crippen MR) is 68.8 cm³/mol. The van der Waals surface area contributed by atoms with Gasteiger partial charge in [0.2, 0.25) is 0 Å². The number of rotatable bonds is 3. The van der Waals surface area contributed by atoms with E-state index in [2.05, 4.69) is 46.0 Å². The fraction of sp³-hybridized carbons (Fsp3) is 0.250. The minimum Gasteiger partial charge on any atom is -0.330 e. The molecule has 0 aliphatic heterocycles. The van der Waals surface area contributed by atoms with E-state index in [9.17, 15) is 0 Å². The van der Waals surface area contributed by atoms with E-state index < -0.39 is 0 Å². The number of nitrogens with zero attached hydrogens (tertiary/aromatic N) is 2. The van der Waals surface area contributed by atoms with Crippen molar-refractivity contribution in [2.75, 3.05) is 6.54 Å². The molecule has 0 radical (unpaired) electrons. The summed E-state index contributed by atoms with van der Waals surface area (Å²) in [5, 5.41) is 0. The second kappa shape index (κ2) is 4.80. The van der Waals surface area contributed by atoms with Gasteiger partial charge < -0.3 is 10.3 Å². The number of hydrogen-bond acceptors (Lipinski definition) is 2. The molecule has 0 amide bonds. The molecule has 2 rings (SSSR count). The van der Waals surface area contributed by atoms with Gasteiger partial charge in [0.15, 0.2) is 0 Å². The molecule has 4 heteroatoms. The first-order valence-electron chi connectivity index (χ1n) is 5.20. The van der Waals surface area contributed by atoms with Crippen molar-refractivity contribution in [1.82, 2.24) is 9.55 Å². The van der Waals surface area contributed by atoms with Gasteiger partial charge in [-0.05, 0) is 47.1 Å². The molecule has 0 atom stereocenters. The number of aryl methyl sites for hydroxylation is 1. The van der Waals surface area contributed by atoms with Crippen molar-refractivity contribution in [3.63, 3.8) is 0 Å². The van der Waals surface area contributed by atoms with Crippen LogP contribution >= 0.6 is 15.9 Å². The molecule has 2 N–H and O–H groups in total. The molecule has 0 bridgehead atoms. The molecule has 3 nitrogen and oxygen atoms in total. The van der Waals surface area contributed by atoms with E-state index in [1.807, 2.05) is 17.1 Å². The lowest BCUT2D eigenvalue weighted by atomic mass is 10.2. The highest BCUT2D eigenvalue weighted by molar-refractivity contribution is 9.10. The monoisotopic (exact) mass is 279 g/mol. The van der Waals surface area contributed by atoms with Gasteiger partial charge in [-0.1, -0.05) is 6.07 Å². The molecular formula is C12H14BrN3. The third kappa shape index (κ3) is 2.33. The Kier molecular flexibility index (Phi) is 3.41. The second-order valence-electron chi connectivity index (χ2n) is 3.77. The first-order valence-corrected chi connectivity index (χ1v) is 5.99. The van der Waals surface area contributed by atoms with Gasteiger partial charge in [-0.2, -0.15) is 0 Å². The molecule has 16 heavy (non-hydrogen) atoms. The fourth-order valence-corrected chi connectivity index (χ4v) is 2.29. The minimum atomic E-state index is 0.631. The summed E-state index contributed by atoms with van der Waals surface area (Å²) in [6.45, 7) is 2.70. The lowest BCUT2D eigenvalue weighted by Crippen LogP contribution is -2.02. The van der Waals surface area contributed by atoms with Crippen LogP contribution in [-0.4, -0.2) is 16.1 Å². The number of nitrogens with two attached hydrogens (primary N) is 1. The van der Waals surface area contributed by atoms with E-state index >= 15 is 0 Å². The van der Waals surface area contributed by atoms with E-state index in [0.29, 0.717) is 6.54 Å². The van der Waals surface area contributed by atoms with Crippen LogP contribution in [0.1, 0.15) is 11.3 Å².